The molecule has 1 aliphatic heterocycles. The number of nitrogens with one attached hydrogen (secondary N) is 1. The lowest BCUT2D eigenvalue weighted by Gasteiger charge is -2.23. The summed E-state index contributed by atoms with van der Waals surface area (Å²) in [6.07, 6.45) is 1.35. The SMILES string of the molecule is N=C(N=CCN)c1cc2c3c(c1)c1ccccc1n3Cc1c(F)c(F)c(F)c(F)c1-2. The first-order valence-electron chi connectivity index (χ1n) is 9.15. The Morgan fingerprint density at radius 2 is 1.77 bits per heavy atom. The van der Waals surface area contributed by atoms with E-state index in [2.05, 4.69) is 4.99 Å². The standard InChI is InChI=1S/C22H14F4N4/c23-17-14-9-30-15-4-2-1-3-11(15)12-7-10(22(28)29-6-5-27)8-13(21(12)30)16(14)18(24)20(26)19(17)25/h1-4,6-8,28H,5,9,27H2. The van der Waals surface area contributed by atoms with Crippen LogP contribution in [-0.2, 0) is 6.54 Å². The Morgan fingerprint density at radius 1 is 1.03 bits per heavy atom. The summed E-state index contributed by atoms with van der Waals surface area (Å²) in [6, 6.07) is 10.5. The second-order valence-corrected chi connectivity index (χ2v) is 7.03. The van der Waals surface area contributed by atoms with E-state index in [1.54, 1.807) is 16.7 Å². The number of aliphatic imine (C=N–C) groups is 1. The maximum Gasteiger partial charge on any atom is 0.198 e. The fraction of sp³-hybridized carbons (Fsp3) is 0.0909. The molecule has 0 aliphatic carbocycles. The van der Waals surface area contributed by atoms with E-state index in [-0.39, 0.29) is 35.6 Å². The highest BCUT2D eigenvalue weighted by Crippen LogP contribution is 2.45. The molecule has 0 fully saturated rings. The number of hydrogen-bond acceptors (Lipinski definition) is 2. The van der Waals surface area contributed by atoms with Gasteiger partial charge in [0.15, 0.2) is 29.1 Å². The molecule has 8 heteroatoms. The third-order valence-electron chi connectivity index (χ3n) is 5.41. The Hall–Kier alpha value is -3.52. The minimum Gasteiger partial charge on any atom is -0.335 e. The highest BCUT2D eigenvalue weighted by Gasteiger charge is 2.32. The molecule has 1 aliphatic rings. The second kappa shape index (κ2) is 6.50. The van der Waals surface area contributed by atoms with Gasteiger partial charge in [-0.05, 0) is 18.2 Å². The summed E-state index contributed by atoms with van der Waals surface area (Å²) in [6.45, 7) is -0.0155. The Kier molecular flexibility index (Phi) is 4.01. The van der Waals surface area contributed by atoms with Gasteiger partial charge in [0, 0.05) is 51.3 Å². The molecule has 0 bridgehead atoms. The minimum absolute atomic E-state index is 0.129. The molecule has 1 aromatic heterocycles. The lowest BCUT2D eigenvalue weighted by Crippen LogP contribution is -2.15. The van der Waals surface area contributed by atoms with E-state index >= 15 is 0 Å². The van der Waals surface area contributed by atoms with E-state index in [1.807, 2.05) is 18.2 Å². The first-order chi connectivity index (χ1) is 14.4. The average Bonchev–Trinajstić information content (AvgIpc) is 3.09. The molecule has 4 aromatic rings. The van der Waals surface area contributed by atoms with Crippen LogP contribution in [0.15, 0.2) is 41.4 Å². The van der Waals surface area contributed by atoms with Gasteiger partial charge in [0.2, 0.25) is 0 Å². The zero-order chi connectivity index (χ0) is 21.2. The molecule has 2 heterocycles. The fourth-order valence-electron chi connectivity index (χ4n) is 4.16. The van der Waals surface area contributed by atoms with Gasteiger partial charge in [0.05, 0.1) is 12.1 Å². The number of hydrogen-bond donors (Lipinski definition) is 2. The highest BCUT2D eigenvalue weighted by molar-refractivity contribution is 6.17. The van der Waals surface area contributed by atoms with Crippen LogP contribution in [0, 0.1) is 28.7 Å². The van der Waals surface area contributed by atoms with E-state index in [1.165, 1.54) is 12.3 Å². The first-order valence-corrected chi connectivity index (χ1v) is 9.15. The van der Waals surface area contributed by atoms with Gasteiger partial charge in [-0.1, -0.05) is 18.2 Å². The van der Waals surface area contributed by atoms with Gasteiger partial charge in [0.1, 0.15) is 0 Å². The minimum atomic E-state index is -1.86. The maximum absolute atomic E-state index is 14.8. The van der Waals surface area contributed by atoms with Crippen molar-refractivity contribution in [3.8, 4) is 11.1 Å². The molecular weight excluding hydrogens is 396 g/mol. The van der Waals surface area contributed by atoms with Crippen molar-refractivity contribution >= 4 is 33.9 Å². The Morgan fingerprint density at radius 3 is 2.53 bits per heavy atom. The molecule has 0 spiro atoms. The second-order valence-electron chi connectivity index (χ2n) is 7.03. The summed E-state index contributed by atoms with van der Waals surface area (Å²) in [4.78, 5) is 3.95. The van der Waals surface area contributed by atoms with E-state index in [0.29, 0.717) is 16.5 Å². The number of nitrogens with zero attached hydrogens (tertiary/aromatic N) is 2. The van der Waals surface area contributed by atoms with Gasteiger partial charge in [-0.3, -0.25) is 5.41 Å². The first kappa shape index (κ1) is 18.5. The van der Waals surface area contributed by atoms with Crippen LogP contribution < -0.4 is 5.73 Å². The Labute approximate surface area is 167 Å². The molecule has 30 heavy (non-hydrogen) atoms. The van der Waals surface area contributed by atoms with Crippen LogP contribution >= 0.6 is 0 Å². The van der Waals surface area contributed by atoms with E-state index < -0.39 is 23.3 Å². The predicted molar refractivity (Wildman–Crippen MR) is 108 cm³/mol. The number of fused-ring (bicyclic) bond motifs is 5. The zero-order valence-electron chi connectivity index (χ0n) is 15.4. The van der Waals surface area contributed by atoms with E-state index in [9.17, 15) is 17.6 Å². The summed E-state index contributed by atoms with van der Waals surface area (Å²) in [7, 11) is 0. The van der Waals surface area contributed by atoms with Crippen LogP contribution in [0.3, 0.4) is 0 Å². The van der Waals surface area contributed by atoms with Gasteiger partial charge < -0.3 is 10.3 Å². The number of amidine groups is 1. The van der Waals surface area contributed by atoms with Crippen molar-refractivity contribution in [2.75, 3.05) is 6.54 Å². The topological polar surface area (TPSA) is 67.2 Å². The van der Waals surface area contributed by atoms with Crippen molar-refractivity contribution < 1.29 is 17.6 Å². The normalized spacial score (nSPS) is 12.8. The van der Waals surface area contributed by atoms with Crippen molar-refractivity contribution in [3.63, 3.8) is 0 Å². The summed E-state index contributed by atoms with van der Waals surface area (Å²) < 4.78 is 59.3. The third-order valence-corrected chi connectivity index (χ3v) is 5.41. The molecule has 150 valence electrons. The lowest BCUT2D eigenvalue weighted by atomic mass is 9.91. The van der Waals surface area contributed by atoms with E-state index in [4.69, 9.17) is 11.1 Å². The van der Waals surface area contributed by atoms with Gasteiger partial charge in [-0.2, -0.15) is 0 Å². The monoisotopic (exact) mass is 410 g/mol. The molecule has 0 saturated heterocycles. The molecule has 4 nitrogen and oxygen atoms in total. The van der Waals surface area contributed by atoms with Crippen LogP contribution in [0.4, 0.5) is 17.6 Å². The van der Waals surface area contributed by atoms with Crippen LogP contribution in [-0.4, -0.2) is 23.2 Å². The lowest BCUT2D eigenvalue weighted by molar-refractivity contribution is 0.404. The van der Waals surface area contributed by atoms with Crippen LogP contribution in [0.5, 0.6) is 0 Å². The van der Waals surface area contributed by atoms with Crippen molar-refractivity contribution in [1.82, 2.24) is 4.57 Å². The maximum atomic E-state index is 14.8. The van der Waals surface area contributed by atoms with Crippen molar-refractivity contribution in [3.05, 3.63) is 70.8 Å². The number of halogens is 4. The van der Waals surface area contributed by atoms with Crippen molar-refractivity contribution in [2.24, 2.45) is 10.7 Å². The summed E-state index contributed by atoms with van der Waals surface area (Å²) >= 11 is 0. The van der Waals surface area contributed by atoms with Crippen LogP contribution in [0.1, 0.15) is 11.1 Å². The van der Waals surface area contributed by atoms with Crippen molar-refractivity contribution in [2.45, 2.75) is 6.54 Å². The summed E-state index contributed by atoms with van der Waals surface area (Å²) in [5.41, 5.74) is 6.61. The molecule has 0 saturated carbocycles. The number of aromatic nitrogens is 1. The number of nitrogens with two attached hydrogens (primary N) is 1. The average molecular weight is 410 g/mol. The molecule has 0 radical (unpaired) electrons. The van der Waals surface area contributed by atoms with Gasteiger partial charge in [-0.15, -0.1) is 0 Å². The molecule has 3 aromatic carbocycles. The van der Waals surface area contributed by atoms with Crippen molar-refractivity contribution in [1.29, 1.82) is 5.41 Å². The molecule has 0 amide bonds. The number of benzene rings is 3. The van der Waals surface area contributed by atoms with Gasteiger partial charge in [0.25, 0.3) is 0 Å². The zero-order valence-corrected chi connectivity index (χ0v) is 15.4. The largest absolute Gasteiger partial charge is 0.335 e. The van der Waals surface area contributed by atoms with Gasteiger partial charge >= 0.3 is 0 Å². The Balaban J connectivity index is 1.96. The number of para-hydroxylation sites is 1. The molecule has 0 atom stereocenters. The van der Waals surface area contributed by atoms with E-state index in [0.717, 1.165) is 10.9 Å². The highest BCUT2D eigenvalue weighted by atomic mass is 19.2. The summed E-state index contributed by atoms with van der Waals surface area (Å²) in [5.74, 6) is -6.69. The molecule has 0 unspecified atom stereocenters. The Bertz CT molecular complexity index is 1420. The quantitative estimate of drug-likeness (QED) is 0.143. The molecular formula is C22H14F4N4. The van der Waals surface area contributed by atoms with Crippen LogP contribution in [0.25, 0.3) is 32.9 Å². The smallest absolute Gasteiger partial charge is 0.198 e. The summed E-state index contributed by atoms with van der Waals surface area (Å²) in [5, 5.41) is 9.68. The van der Waals surface area contributed by atoms with Crippen LogP contribution in [0.2, 0.25) is 0 Å². The molecule has 5 rings (SSSR count). The molecule has 3 N–H and O–H groups in total. The fourth-order valence-corrected chi connectivity index (χ4v) is 4.16. The predicted octanol–water partition coefficient (Wildman–Crippen LogP) is 4.73. The number of rotatable bonds is 2. The third kappa shape index (κ3) is 2.37. The van der Waals surface area contributed by atoms with Gasteiger partial charge in [-0.25, -0.2) is 22.6 Å².